The normalized spacial score (nSPS) is 11.5. The fraction of sp³-hybridized carbons (Fsp3) is 0.375. The van der Waals surface area contributed by atoms with Crippen LogP contribution in [0.15, 0.2) is 24.3 Å². The molecule has 0 unspecified atom stereocenters. The lowest BCUT2D eigenvalue weighted by molar-refractivity contribution is 0.545. The molecule has 1 heterocycles. The smallest absolute Gasteiger partial charge is 0.137 e. The van der Waals surface area contributed by atoms with E-state index < -0.39 is 0 Å². The second-order valence-corrected chi connectivity index (χ2v) is 6.84. The van der Waals surface area contributed by atoms with Crippen molar-refractivity contribution in [1.29, 1.82) is 0 Å². The number of hydrogen-bond donors (Lipinski definition) is 1. The average Bonchev–Trinajstić information content (AvgIpc) is 2.39. The van der Waals surface area contributed by atoms with Gasteiger partial charge in [-0.3, -0.25) is 0 Å². The second-order valence-electron chi connectivity index (χ2n) is 6.05. The molecule has 1 aromatic carbocycles. The summed E-state index contributed by atoms with van der Waals surface area (Å²) in [5.74, 6) is 1.49. The van der Waals surface area contributed by atoms with Gasteiger partial charge in [-0.05, 0) is 24.6 Å². The van der Waals surface area contributed by atoms with Crippen LogP contribution in [-0.2, 0) is 12.0 Å². The second kappa shape index (κ2) is 6.20. The quantitative estimate of drug-likeness (QED) is 0.807. The van der Waals surface area contributed by atoms with Gasteiger partial charge in [0.2, 0.25) is 0 Å². The molecule has 3 nitrogen and oxygen atoms in total. The third-order valence-corrected chi connectivity index (χ3v) is 3.71. The summed E-state index contributed by atoms with van der Waals surface area (Å²) < 4.78 is 0. The predicted molar refractivity (Wildman–Crippen MR) is 89.3 cm³/mol. The summed E-state index contributed by atoms with van der Waals surface area (Å²) in [6, 6.07) is 7.73. The molecule has 1 aromatic heterocycles. The predicted octanol–water partition coefficient (Wildman–Crippen LogP) is 5.00. The first kappa shape index (κ1) is 16.1. The van der Waals surface area contributed by atoms with Crippen molar-refractivity contribution >= 4 is 29.0 Å². The zero-order valence-electron chi connectivity index (χ0n) is 12.7. The molecule has 0 aliphatic rings. The minimum absolute atomic E-state index is 0.149. The molecule has 0 fully saturated rings. The number of aromatic nitrogens is 2. The summed E-state index contributed by atoms with van der Waals surface area (Å²) in [5.41, 5.74) is 1.80. The monoisotopic (exact) mass is 323 g/mol. The van der Waals surface area contributed by atoms with Gasteiger partial charge in [-0.2, -0.15) is 0 Å². The molecule has 0 saturated carbocycles. The van der Waals surface area contributed by atoms with E-state index in [9.17, 15) is 0 Å². The fourth-order valence-electron chi connectivity index (χ4n) is 1.83. The molecule has 0 aliphatic heterocycles. The minimum Gasteiger partial charge on any atom is -0.366 e. The van der Waals surface area contributed by atoms with Gasteiger partial charge in [0.05, 0.1) is 0 Å². The van der Waals surface area contributed by atoms with Crippen molar-refractivity contribution in [1.82, 2.24) is 9.97 Å². The van der Waals surface area contributed by atoms with Crippen LogP contribution >= 0.6 is 23.2 Å². The van der Waals surface area contributed by atoms with Gasteiger partial charge in [0.25, 0.3) is 0 Å². The summed E-state index contributed by atoms with van der Waals surface area (Å²) in [6.45, 7) is 8.74. The SMILES string of the molecule is Cc1c(Cl)nc(C(C)(C)C)nc1NCc1cccc(Cl)c1. The lowest BCUT2D eigenvalue weighted by atomic mass is 9.95. The topological polar surface area (TPSA) is 37.8 Å². The maximum absolute atomic E-state index is 6.22. The highest BCUT2D eigenvalue weighted by Gasteiger charge is 2.20. The van der Waals surface area contributed by atoms with Gasteiger partial charge in [-0.25, -0.2) is 9.97 Å². The number of hydrogen-bond acceptors (Lipinski definition) is 3. The third kappa shape index (κ3) is 4.08. The van der Waals surface area contributed by atoms with Gasteiger partial charge in [0.1, 0.15) is 16.8 Å². The van der Waals surface area contributed by atoms with E-state index in [0.29, 0.717) is 11.7 Å². The van der Waals surface area contributed by atoms with Gasteiger partial charge in [-0.15, -0.1) is 0 Å². The number of nitrogens with zero attached hydrogens (tertiary/aromatic N) is 2. The molecule has 0 aliphatic carbocycles. The van der Waals surface area contributed by atoms with Crippen LogP contribution in [0.4, 0.5) is 5.82 Å². The van der Waals surface area contributed by atoms with E-state index in [2.05, 4.69) is 36.1 Å². The average molecular weight is 324 g/mol. The third-order valence-electron chi connectivity index (χ3n) is 3.11. The van der Waals surface area contributed by atoms with Crippen LogP contribution in [0.1, 0.15) is 37.7 Å². The van der Waals surface area contributed by atoms with Crippen LogP contribution in [0.5, 0.6) is 0 Å². The summed E-state index contributed by atoms with van der Waals surface area (Å²) >= 11 is 12.2. The Morgan fingerprint density at radius 3 is 2.48 bits per heavy atom. The number of nitrogens with one attached hydrogen (secondary N) is 1. The van der Waals surface area contributed by atoms with E-state index in [1.807, 2.05) is 31.2 Å². The zero-order valence-corrected chi connectivity index (χ0v) is 14.2. The molecule has 1 N–H and O–H groups in total. The molecule has 21 heavy (non-hydrogen) atoms. The number of halogens is 2. The highest BCUT2D eigenvalue weighted by Crippen LogP contribution is 2.26. The van der Waals surface area contributed by atoms with Crippen LogP contribution in [0.2, 0.25) is 10.2 Å². The molecule has 0 bridgehead atoms. The first-order valence-electron chi connectivity index (χ1n) is 6.80. The van der Waals surface area contributed by atoms with Crippen molar-refractivity contribution < 1.29 is 0 Å². The zero-order chi connectivity index (χ0) is 15.6. The van der Waals surface area contributed by atoms with Gasteiger partial charge in [-0.1, -0.05) is 56.1 Å². The van der Waals surface area contributed by atoms with Crippen molar-refractivity contribution in [2.24, 2.45) is 0 Å². The van der Waals surface area contributed by atoms with Gasteiger partial charge >= 0.3 is 0 Å². The molecule has 0 saturated heterocycles. The Morgan fingerprint density at radius 2 is 1.86 bits per heavy atom. The summed E-state index contributed by atoms with van der Waals surface area (Å²) in [4.78, 5) is 8.97. The molecule has 5 heteroatoms. The van der Waals surface area contributed by atoms with Crippen LogP contribution in [0, 0.1) is 6.92 Å². The van der Waals surface area contributed by atoms with Crippen LogP contribution in [-0.4, -0.2) is 9.97 Å². The van der Waals surface area contributed by atoms with Crippen LogP contribution < -0.4 is 5.32 Å². The van der Waals surface area contributed by atoms with E-state index in [1.54, 1.807) is 0 Å². The Bertz CT molecular complexity index is 648. The fourth-order valence-corrected chi connectivity index (χ4v) is 2.21. The number of rotatable bonds is 3. The highest BCUT2D eigenvalue weighted by molar-refractivity contribution is 6.30. The Labute approximate surface area is 135 Å². The summed E-state index contributed by atoms with van der Waals surface area (Å²) in [7, 11) is 0. The molecule has 2 rings (SSSR count). The molecule has 2 aromatic rings. The van der Waals surface area contributed by atoms with E-state index in [0.717, 1.165) is 27.8 Å². The summed E-state index contributed by atoms with van der Waals surface area (Å²) in [5, 5.41) is 4.53. The lowest BCUT2D eigenvalue weighted by Gasteiger charge is -2.19. The molecule has 0 spiro atoms. The maximum Gasteiger partial charge on any atom is 0.137 e. The van der Waals surface area contributed by atoms with Crippen LogP contribution in [0.3, 0.4) is 0 Å². The van der Waals surface area contributed by atoms with E-state index in [-0.39, 0.29) is 5.41 Å². The highest BCUT2D eigenvalue weighted by atomic mass is 35.5. The van der Waals surface area contributed by atoms with Crippen molar-refractivity contribution in [3.8, 4) is 0 Å². The molecule has 0 atom stereocenters. The number of anilines is 1. The van der Waals surface area contributed by atoms with Gasteiger partial charge in [0, 0.05) is 22.5 Å². The summed E-state index contributed by atoms with van der Waals surface area (Å²) in [6.07, 6.45) is 0. The van der Waals surface area contributed by atoms with E-state index >= 15 is 0 Å². The van der Waals surface area contributed by atoms with E-state index in [4.69, 9.17) is 23.2 Å². The molecule has 0 radical (unpaired) electrons. The van der Waals surface area contributed by atoms with Crippen molar-refractivity contribution in [2.75, 3.05) is 5.32 Å². The Kier molecular flexibility index (Phi) is 4.74. The van der Waals surface area contributed by atoms with Crippen molar-refractivity contribution in [2.45, 2.75) is 39.7 Å². The van der Waals surface area contributed by atoms with Crippen molar-refractivity contribution in [3.63, 3.8) is 0 Å². The maximum atomic E-state index is 6.22. The standard InChI is InChI=1S/C16H19Cl2N3/c1-10-13(18)20-15(16(2,3)4)21-14(10)19-9-11-6-5-7-12(17)8-11/h5-8H,9H2,1-4H3,(H,19,20,21). The Hall–Kier alpha value is -1.32. The molecular formula is C16H19Cl2N3. The van der Waals surface area contributed by atoms with E-state index in [1.165, 1.54) is 0 Å². The largest absolute Gasteiger partial charge is 0.366 e. The molecule has 112 valence electrons. The molecular weight excluding hydrogens is 305 g/mol. The first-order valence-corrected chi connectivity index (χ1v) is 7.56. The lowest BCUT2D eigenvalue weighted by Crippen LogP contribution is -2.18. The van der Waals surface area contributed by atoms with Crippen LogP contribution in [0.25, 0.3) is 0 Å². The van der Waals surface area contributed by atoms with Crippen molar-refractivity contribution in [3.05, 3.63) is 51.4 Å². The molecule has 0 amide bonds. The number of benzene rings is 1. The van der Waals surface area contributed by atoms with Gasteiger partial charge in [0.15, 0.2) is 0 Å². The minimum atomic E-state index is -0.149. The van der Waals surface area contributed by atoms with Gasteiger partial charge < -0.3 is 5.32 Å². The Balaban J connectivity index is 2.25. The Morgan fingerprint density at radius 1 is 1.14 bits per heavy atom. The first-order chi connectivity index (χ1) is 9.77.